The van der Waals surface area contributed by atoms with Gasteiger partial charge in [0.1, 0.15) is 0 Å². The SMILES string of the molecule is O=C(c1ccc(=O)[nH]c1)N1CCc2c([nH]c3ccccc23)[C@@H]1c1ccccc1Cl. The zero-order valence-corrected chi connectivity index (χ0v) is 16.2. The summed E-state index contributed by atoms with van der Waals surface area (Å²) in [7, 11) is 0. The van der Waals surface area contributed by atoms with E-state index < -0.39 is 0 Å². The van der Waals surface area contributed by atoms with Crippen LogP contribution in [0.3, 0.4) is 0 Å². The maximum Gasteiger partial charge on any atom is 0.256 e. The largest absolute Gasteiger partial charge is 0.356 e. The molecule has 0 aliphatic carbocycles. The van der Waals surface area contributed by atoms with Crippen LogP contribution in [0, 0.1) is 0 Å². The van der Waals surface area contributed by atoms with Crippen LogP contribution in [0.1, 0.15) is 33.2 Å². The lowest BCUT2D eigenvalue weighted by Crippen LogP contribution is -2.41. The van der Waals surface area contributed by atoms with Crippen LogP contribution in [0.4, 0.5) is 0 Å². The van der Waals surface area contributed by atoms with Crippen molar-refractivity contribution in [3.63, 3.8) is 0 Å². The average molecular weight is 404 g/mol. The number of carbonyl (C=O) groups excluding carboxylic acids is 1. The third-order valence-electron chi connectivity index (χ3n) is 5.53. The Morgan fingerprint density at radius 1 is 1.03 bits per heavy atom. The topological polar surface area (TPSA) is 69.0 Å². The van der Waals surface area contributed by atoms with Crippen LogP contribution in [0.25, 0.3) is 10.9 Å². The van der Waals surface area contributed by atoms with Gasteiger partial charge >= 0.3 is 0 Å². The molecular weight excluding hydrogens is 386 g/mol. The van der Waals surface area contributed by atoms with Gasteiger partial charge in [0, 0.05) is 40.4 Å². The van der Waals surface area contributed by atoms with Crippen LogP contribution in [0.2, 0.25) is 5.02 Å². The molecule has 6 heteroatoms. The summed E-state index contributed by atoms with van der Waals surface area (Å²) in [5.41, 5.74) is 4.34. The number of aromatic amines is 2. The predicted molar refractivity (Wildman–Crippen MR) is 113 cm³/mol. The molecule has 0 spiro atoms. The van der Waals surface area contributed by atoms with Crippen LogP contribution in [0.5, 0.6) is 0 Å². The van der Waals surface area contributed by atoms with Crippen molar-refractivity contribution in [1.29, 1.82) is 0 Å². The van der Waals surface area contributed by atoms with Crippen LogP contribution < -0.4 is 5.56 Å². The molecule has 0 fully saturated rings. The molecule has 5 nitrogen and oxygen atoms in total. The van der Waals surface area contributed by atoms with E-state index in [-0.39, 0.29) is 17.5 Å². The number of nitrogens with zero attached hydrogens (tertiary/aromatic N) is 1. The monoisotopic (exact) mass is 403 g/mol. The molecule has 0 unspecified atom stereocenters. The number of aromatic nitrogens is 2. The second-order valence-corrected chi connectivity index (χ2v) is 7.58. The van der Waals surface area contributed by atoms with Crippen molar-refractivity contribution in [1.82, 2.24) is 14.9 Å². The molecule has 1 amide bonds. The minimum Gasteiger partial charge on any atom is -0.356 e. The fraction of sp³-hybridized carbons (Fsp3) is 0.130. The van der Waals surface area contributed by atoms with Gasteiger partial charge in [0.05, 0.1) is 11.6 Å². The van der Waals surface area contributed by atoms with Crippen LogP contribution in [-0.2, 0) is 6.42 Å². The molecule has 0 radical (unpaired) electrons. The van der Waals surface area contributed by atoms with E-state index in [1.165, 1.54) is 23.2 Å². The summed E-state index contributed by atoms with van der Waals surface area (Å²) in [6.07, 6.45) is 2.21. The molecular formula is C23H18ClN3O2. The molecule has 2 N–H and O–H groups in total. The number of hydrogen-bond acceptors (Lipinski definition) is 2. The number of amides is 1. The van der Waals surface area contributed by atoms with E-state index >= 15 is 0 Å². The van der Waals surface area contributed by atoms with Gasteiger partial charge in [0.25, 0.3) is 5.91 Å². The zero-order chi connectivity index (χ0) is 20.0. The maximum atomic E-state index is 13.4. The minimum absolute atomic E-state index is 0.143. The van der Waals surface area contributed by atoms with Crippen LogP contribution in [-0.4, -0.2) is 27.3 Å². The van der Waals surface area contributed by atoms with Crippen molar-refractivity contribution in [3.05, 3.63) is 105 Å². The van der Waals surface area contributed by atoms with Crippen molar-refractivity contribution in [3.8, 4) is 0 Å². The lowest BCUT2D eigenvalue weighted by Gasteiger charge is -2.36. The molecule has 3 heterocycles. The molecule has 0 saturated heterocycles. The number of H-pyrrole nitrogens is 2. The van der Waals surface area contributed by atoms with Gasteiger partial charge in [-0.1, -0.05) is 48.0 Å². The van der Waals surface area contributed by atoms with Gasteiger partial charge in [-0.05, 0) is 35.7 Å². The number of fused-ring (bicyclic) bond motifs is 3. The first-order valence-electron chi connectivity index (χ1n) is 9.47. The minimum atomic E-state index is -0.334. The van der Waals surface area contributed by atoms with Crippen molar-refractivity contribution < 1.29 is 4.79 Å². The third-order valence-corrected chi connectivity index (χ3v) is 5.87. The van der Waals surface area contributed by atoms with Crippen molar-refractivity contribution in [2.24, 2.45) is 0 Å². The van der Waals surface area contributed by atoms with E-state index in [0.717, 1.165) is 23.2 Å². The van der Waals surface area contributed by atoms with E-state index in [0.29, 0.717) is 17.1 Å². The summed E-state index contributed by atoms with van der Waals surface area (Å²) in [6, 6.07) is 18.4. The highest BCUT2D eigenvalue weighted by atomic mass is 35.5. The summed E-state index contributed by atoms with van der Waals surface area (Å²) >= 11 is 6.56. The van der Waals surface area contributed by atoms with E-state index in [4.69, 9.17) is 11.6 Å². The molecule has 5 rings (SSSR count). The number of para-hydroxylation sites is 1. The Balaban J connectivity index is 1.69. The number of halogens is 1. The summed E-state index contributed by atoms with van der Waals surface area (Å²) in [6.45, 7) is 0.558. The number of pyridine rings is 1. The van der Waals surface area contributed by atoms with E-state index in [2.05, 4.69) is 16.0 Å². The van der Waals surface area contributed by atoms with E-state index in [9.17, 15) is 9.59 Å². The molecule has 2 aromatic heterocycles. The molecule has 1 atom stereocenters. The van der Waals surface area contributed by atoms with Gasteiger partial charge in [0.15, 0.2) is 0 Å². The van der Waals surface area contributed by atoms with E-state index in [1.807, 2.05) is 47.4 Å². The quantitative estimate of drug-likeness (QED) is 0.524. The zero-order valence-electron chi connectivity index (χ0n) is 15.5. The Bertz CT molecular complexity index is 1270. The van der Waals surface area contributed by atoms with Crippen LogP contribution in [0.15, 0.2) is 71.7 Å². The van der Waals surface area contributed by atoms with Gasteiger partial charge in [-0.25, -0.2) is 0 Å². The molecule has 4 aromatic rings. The molecule has 0 bridgehead atoms. The molecule has 2 aromatic carbocycles. The Morgan fingerprint density at radius 2 is 1.83 bits per heavy atom. The first kappa shape index (κ1) is 17.8. The van der Waals surface area contributed by atoms with Gasteiger partial charge < -0.3 is 14.9 Å². The standard InChI is InChI=1S/C23H18ClN3O2/c24-18-7-3-1-6-17(18)22-21-16(15-5-2-4-8-19(15)26-21)11-12-27(22)23(29)14-9-10-20(28)25-13-14/h1-10,13,22,26H,11-12H2,(H,25,28)/t22-/m0/s1. The predicted octanol–water partition coefficient (Wildman–Crippen LogP) is 4.30. The van der Waals surface area contributed by atoms with Gasteiger partial charge in [-0.15, -0.1) is 0 Å². The lowest BCUT2D eigenvalue weighted by atomic mass is 9.91. The molecule has 1 aliphatic rings. The maximum absolute atomic E-state index is 13.4. The Morgan fingerprint density at radius 3 is 2.62 bits per heavy atom. The normalized spacial score (nSPS) is 16.0. The van der Waals surface area contributed by atoms with Crippen molar-refractivity contribution >= 4 is 28.4 Å². The number of rotatable bonds is 2. The number of benzene rings is 2. The number of nitrogens with one attached hydrogen (secondary N) is 2. The lowest BCUT2D eigenvalue weighted by molar-refractivity contribution is 0.0691. The number of hydrogen-bond donors (Lipinski definition) is 2. The summed E-state index contributed by atoms with van der Waals surface area (Å²) in [5.74, 6) is -0.143. The summed E-state index contributed by atoms with van der Waals surface area (Å²) in [4.78, 5) is 32.7. The molecule has 144 valence electrons. The Labute approximate surface area is 171 Å². The first-order valence-corrected chi connectivity index (χ1v) is 9.85. The Kier molecular flexibility index (Phi) is 4.25. The fourth-order valence-corrected chi connectivity index (χ4v) is 4.43. The third kappa shape index (κ3) is 2.95. The average Bonchev–Trinajstić information content (AvgIpc) is 3.12. The molecule has 0 saturated carbocycles. The second kappa shape index (κ2) is 6.94. The molecule has 29 heavy (non-hydrogen) atoms. The highest BCUT2D eigenvalue weighted by Crippen LogP contribution is 2.41. The summed E-state index contributed by atoms with van der Waals surface area (Å²) < 4.78 is 0. The van der Waals surface area contributed by atoms with Gasteiger partial charge in [-0.3, -0.25) is 9.59 Å². The number of carbonyl (C=O) groups is 1. The summed E-state index contributed by atoms with van der Waals surface area (Å²) in [5, 5.41) is 1.79. The second-order valence-electron chi connectivity index (χ2n) is 7.18. The smallest absolute Gasteiger partial charge is 0.256 e. The highest BCUT2D eigenvalue weighted by molar-refractivity contribution is 6.31. The molecule has 1 aliphatic heterocycles. The Hall–Kier alpha value is -3.31. The van der Waals surface area contributed by atoms with Crippen molar-refractivity contribution in [2.75, 3.05) is 6.54 Å². The van der Waals surface area contributed by atoms with Crippen molar-refractivity contribution in [2.45, 2.75) is 12.5 Å². The fourth-order valence-electron chi connectivity index (χ4n) is 4.19. The van der Waals surface area contributed by atoms with Crippen LogP contribution >= 0.6 is 11.6 Å². The first-order chi connectivity index (χ1) is 14.1. The van der Waals surface area contributed by atoms with Gasteiger partial charge in [-0.2, -0.15) is 0 Å². The van der Waals surface area contributed by atoms with E-state index in [1.54, 1.807) is 6.07 Å². The van der Waals surface area contributed by atoms with Gasteiger partial charge in [0.2, 0.25) is 5.56 Å². The highest BCUT2D eigenvalue weighted by Gasteiger charge is 2.35.